The first kappa shape index (κ1) is 29.1. The molecule has 1 aromatic carbocycles. The number of fused-ring (bicyclic) bond motifs is 1. The van der Waals surface area contributed by atoms with Crippen LogP contribution in [0.3, 0.4) is 0 Å². The number of nitrogens with zero attached hydrogens (tertiary/aromatic N) is 3. The zero-order valence-corrected chi connectivity index (χ0v) is 24.8. The Morgan fingerprint density at radius 2 is 2.11 bits per heavy atom. The lowest BCUT2D eigenvalue weighted by Crippen LogP contribution is -2.53. The predicted octanol–water partition coefficient (Wildman–Crippen LogP) is 6.78. The number of ether oxygens (including phenoxy) is 1. The van der Waals surface area contributed by atoms with Gasteiger partial charge in [-0.3, -0.25) is 0 Å². The van der Waals surface area contributed by atoms with Gasteiger partial charge in [0.05, 0.1) is 11.0 Å². The fraction of sp³-hybridized carbons (Fsp3) is 0.625. The van der Waals surface area contributed by atoms with Crippen LogP contribution in [0, 0.1) is 17.2 Å². The number of benzene rings is 1. The highest BCUT2D eigenvalue weighted by Gasteiger charge is 2.69. The number of halogens is 3. The number of alkyl halides is 1. The standard InChI is InChI=1S/C24H34BrF2N3O4SSi/c1-22(2,3)19(34-9-10-36(4,5)6)30(21(31)32)20-29-24(13-26,16-11-15(25)7-8-17(16)27)18-12-23(18,35-20)14-28-33/h7-8,11,14,18-19,33H,9-10,12-13H2,1-6H3,(H,31,32)/t18-,19?,23-,24-/m1/s1. The first-order valence-corrected chi connectivity index (χ1v) is 17.0. The molecule has 1 fully saturated rings. The van der Waals surface area contributed by atoms with Crippen LogP contribution in [0.1, 0.15) is 32.8 Å². The van der Waals surface area contributed by atoms with Crippen LogP contribution in [-0.4, -0.2) is 65.0 Å². The molecule has 1 amide bonds. The van der Waals surface area contributed by atoms with E-state index in [1.165, 1.54) is 24.4 Å². The summed E-state index contributed by atoms with van der Waals surface area (Å²) in [5.41, 5.74) is -2.32. The minimum Gasteiger partial charge on any atom is -0.465 e. The van der Waals surface area contributed by atoms with Crippen LogP contribution in [0.4, 0.5) is 13.6 Å². The molecule has 12 heteroatoms. The lowest BCUT2D eigenvalue weighted by Gasteiger charge is -2.42. The lowest BCUT2D eigenvalue weighted by atomic mass is 9.85. The van der Waals surface area contributed by atoms with E-state index in [4.69, 9.17) is 4.74 Å². The fourth-order valence-corrected chi connectivity index (χ4v) is 7.10. The third kappa shape index (κ3) is 5.81. The number of oxime groups is 1. The SMILES string of the molecule is CC(C)(C)C(OCC[Si](C)(C)C)N(C(=O)O)C1=N[C@](CF)(c2cc(Br)ccc2F)[C@@H]2C[C@]2(C=NO)S1. The van der Waals surface area contributed by atoms with Crippen LogP contribution in [0.2, 0.25) is 25.7 Å². The van der Waals surface area contributed by atoms with E-state index in [1.54, 1.807) is 0 Å². The van der Waals surface area contributed by atoms with Gasteiger partial charge in [0.25, 0.3) is 0 Å². The molecule has 1 aromatic rings. The van der Waals surface area contributed by atoms with Crippen LogP contribution < -0.4 is 0 Å². The van der Waals surface area contributed by atoms with Crippen LogP contribution >= 0.6 is 27.7 Å². The van der Waals surface area contributed by atoms with Crippen LogP contribution in [0.25, 0.3) is 0 Å². The molecule has 36 heavy (non-hydrogen) atoms. The molecule has 1 unspecified atom stereocenters. The lowest BCUT2D eigenvalue weighted by molar-refractivity contribution is -0.0761. The van der Waals surface area contributed by atoms with Gasteiger partial charge in [0.2, 0.25) is 0 Å². The summed E-state index contributed by atoms with van der Waals surface area (Å²) in [7, 11) is -1.46. The highest BCUT2D eigenvalue weighted by molar-refractivity contribution is 9.10. The summed E-state index contributed by atoms with van der Waals surface area (Å²) < 4.78 is 35.9. The molecule has 200 valence electrons. The molecule has 4 atom stereocenters. The molecule has 0 saturated heterocycles. The molecule has 1 saturated carbocycles. The summed E-state index contributed by atoms with van der Waals surface area (Å²) in [6, 6.07) is 5.04. The van der Waals surface area contributed by atoms with Crippen molar-refractivity contribution in [3.05, 3.63) is 34.1 Å². The second-order valence-electron chi connectivity index (χ2n) is 11.7. The quantitative estimate of drug-likeness (QED) is 0.112. The number of thioether (sulfide) groups is 1. The van der Waals surface area contributed by atoms with Crippen molar-refractivity contribution in [2.75, 3.05) is 13.3 Å². The Labute approximate surface area is 224 Å². The summed E-state index contributed by atoms with van der Waals surface area (Å²) in [6.07, 6.45) is -0.628. The topological polar surface area (TPSA) is 94.7 Å². The van der Waals surface area contributed by atoms with Gasteiger partial charge in [0, 0.05) is 36.0 Å². The Balaban J connectivity index is 2.16. The van der Waals surface area contributed by atoms with Crippen LogP contribution in [-0.2, 0) is 10.3 Å². The van der Waals surface area contributed by atoms with Gasteiger partial charge >= 0.3 is 6.09 Å². The Hall–Kier alpha value is -1.50. The minimum atomic E-state index is -1.69. The van der Waals surface area contributed by atoms with Crippen molar-refractivity contribution >= 4 is 53.2 Å². The van der Waals surface area contributed by atoms with Crippen molar-refractivity contribution in [2.45, 2.75) is 69.4 Å². The van der Waals surface area contributed by atoms with Gasteiger partial charge in [0.15, 0.2) is 5.17 Å². The van der Waals surface area contributed by atoms with Crippen LogP contribution in [0.15, 0.2) is 32.8 Å². The van der Waals surface area contributed by atoms with Crippen molar-refractivity contribution in [2.24, 2.45) is 21.5 Å². The molecular weight excluding hydrogens is 572 g/mol. The minimum absolute atomic E-state index is 0.0129. The molecule has 1 heterocycles. The first-order valence-electron chi connectivity index (χ1n) is 11.7. The fourth-order valence-electron chi connectivity index (χ4n) is 4.50. The number of hydrogen-bond acceptors (Lipinski definition) is 6. The van der Waals surface area contributed by atoms with Crippen molar-refractivity contribution < 1.29 is 28.6 Å². The second-order valence-corrected chi connectivity index (χ2v) is 19.6. The smallest absolute Gasteiger partial charge is 0.415 e. The number of carbonyl (C=O) groups is 1. The maximum absolute atomic E-state index is 15.1. The molecule has 0 radical (unpaired) electrons. The van der Waals surface area contributed by atoms with E-state index in [0.29, 0.717) is 17.5 Å². The molecule has 2 N–H and O–H groups in total. The molecule has 1 aliphatic heterocycles. The highest BCUT2D eigenvalue weighted by atomic mass is 79.9. The summed E-state index contributed by atoms with van der Waals surface area (Å²) in [4.78, 5) is 18.4. The van der Waals surface area contributed by atoms with Gasteiger partial charge in [0.1, 0.15) is 24.3 Å². The van der Waals surface area contributed by atoms with Crippen molar-refractivity contribution in [1.29, 1.82) is 0 Å². The maximum atomic E-state index is 15.1. The Kier molecular flexibility index (Phi) is 8.34. The molecular formula is C24H34BrF2N3O4SSi. The Bertz CT molecular complexity index is 1060. The van der Waals surface area contributed by atoms with Gasteiger partial charge < -0.3 is 15.1 Å². The van der Waals surface area contributed by atoms with E-state index in [0.717, 1.165) is 22.7 Å². The third-order valence-corrected chi connectivity index (χ3v) is 10.1. The summed E-state index contributed by atoms with van der Waals surface area (Å²) in [5, 5.41) is 22.9. The number of carboxylic acid groups (broad SMARTS) is 1. The molecule has 0 spiro atoms. The van der Waals surface area contributed by atoms with Crippen LogP contribution in [0.5, 0.6) is 0 Å². The maximum Gasteiger partial charge on any atom is 0.415 e. The summed E-state index contributed by atoms with van der Waals surface area (Å²) in [6.45, 7) is 11.5. The molecule has 1 aliphatic carbocycles. The number of amides is 1. The summed E-state index contributed by atoms with van der Waals surface area (Å²) >= 11 is 4.41. The number of amidine groups is 1. The normalized spacial score (nSPS) is 26.9. The highest BCUT2D eigenvalue weighted by Crippen LogP contribution is 2.66. The van der Waals surface area contributed by atoms with E-state index in [2.05, 4.69) is 45.7 Å². The zero-order chi connectivity index (χ0) is 27.1. The van der Waals surface area contributed by atoms with E-state index in [-0.39, 0.29) is 10.7 Å². The molecule has 0 aromatic heterocycles. The van der Waals surface area contributed by atoms with Crippen molar-refractivity contribution in [1.82, 2.24) is 4.90 Å². The van der Waals surface area contributed by atoms with E-state index in [9.17, 15) is 15.1 Å². The first-order chi connectivity index (χ1) is 16.6. The van der Waals surface area contributed by atoms with Gasteiger partial charge in [-0.05, 0) is 30.7 Å². The van der Waals surface area contributed by atoms with E-state index < -0.39 is 54.5 Å². The molecule has 3 rings (SSSR count). The van der Waals surface area contributed by atoms with Gasteiger partial charge in [-0.15, -0.1) is 5.16 Å². The van der Waals surface area contributed by atoms with Gasteiger partial charge in [-0.2, -0.15) is 0 Å². The number of aliphatic imine (C=N–C) groups is 1. The van der Waals surface area contributed by atoms with Crippen molar-refractivity contribution in [3.63, 3.8) is 0 Å². The van der Waals surface area contributed by atoms with E-state index in [1.807, 2.05) is 20.8 Å². The average Bonchev–Trinajstić information content (AvgIpc) is 3.47. The molecule has 0 bridgehead atoms. The van der Waals surface area contributed by atoms with Gasteiger partial charge in [-0.1, -0.05) is 68.1 Å². The van der Waals surface area contributed by atoms with Gasteiger partial charge in [-0.25, -0.2) is 23.5 Å². The largest absolute Gasteiger partial charge is 0.465 e. The number of hydrogen-bond donors (Lipinski definition) is 2. The molecule has 7 nitrogen and oxygen atoms in total. The van der Waals surface area contributed by atoms with E-state index >= 15 is 8.78 Å². The monoisotopic (exact) mass is 605 g/mol. The zero-order valence-electron chi connectivity index (χ0n) is 21.4. The Morgan fingerprint density at radius 1 is 1.44 bits per heavy atom. The Morgan fingerprint density at radius 3 is 2.64 bits per heavy atom. The number of rotatable bonds is 8. The predicted molar refractivity (Wildman–Crippen MR) is 145 cm³/mol. The third-order valence-electron chi connectivity index (χ3n) is 6.50. The second kappa shape index (κ2) is 10.3. The average molecular weight is 607 g/mol. The summed E-state index contributed by atoms with van der Waals surface area (Å²) in [5.74, 6) is -1.17. The molecule has 2 aliphatic rings. The van der Waals surface area contributed by atoms with Crippen molar-refractivity contribution in [3.8, 4) is 0 Å².